The Balaban J connectivity index is 1.90. The lowest BCUT2D eigenvalue weighted by atomic mass is 9.98. The van der Waals surface area contributed by atoms with Crippen molar-refractivity contribution < 1.29 is 10.2 Å². The summed E-state index contributed by atoms with van der Waals surface area (Å²) in [7, 11) is 0. The number of aromatic hydroxyl groups is 2. The average molecular weight is 206 g/mol. The molecule has 0 radical (unpaired) electrons. The van der Waals surface area contributed by atoms with Crippen LogP contribution in [0.5, 0.6) is 11.5 Å². The topological polar surface area (TPSA) is 40.5 Å². The van der Waals surface area contributed by atoms with Crippen molar-refractivity contribution in [3.8, 4) is 11.5 Å². The summed E-state index contributed by atoms with van der Waals surface area (Å²) in [4.78, 5) is 0. The number of hydrogen-bond donors (Lipinski definition) is 2. The SMILES string of the molecule is Oc1ccc(CCC2CCCC2)cc1O. The second-order valence-electron chi connectivity index (χ2n) is 4.51. The Labute approximate surface area is 90.6 Å². The first kappa shape index (κ1) is 10.3. The van der Waals surface area contributed by atoms with Gasteiger partial charge >= 0.3 is 0 Å². The maximum absolute atomic E-state index is 9.34. The Kier molecular flexibility index (Phi) is 3.14. The monoisotopic (exact) mass is 206 g/mol. The molecule has 0 saturated heterocycles. The lowest BCUT2D eigenvalue weighted by Crippen LogP contribution is -1.96. The van der Waals surface area contributed by atoms with Gasteiger partial charge in [-0.3, -0.25) is 0 Å². The minimum atomic E-state index is -0.0281. The van der Waals surface area contributed by atoms with E-state index in [4.69, 9.17) is 0 Å². The first-order valence-corrected chi connectivity index (χ1v) is 5.76. The molecule has 0 bridgehead atoms. The van der Waals surface area contributed by atoms with Gasteiger partial charge in [-0.15, -0.1) is 0 Å². The van der Waals surface area contributed by atoms with Gasteiger partial charge in [0, 0.05) is 0 Å². The van der Waals surface area contributed by atoms with Crippen molar-refractivity contribution in [3.63, 3.8) is 0 Å². The molecule has 1 saturated carbocycles. The van der Waals surface area contributed by atoms with Crippen molar-refractivity contribution in [2.45, 2.75) is 38.5 Å². The predicted molar refractivity (Wildman–Crippen MR) is 60.1 cm³/mol. The lowest BCUT2D eigenvalue weighted by Gasteiger charge is -2.08. The molecule has 2 heteroatoms. The zero-order valence-electron chi connectivity index (χ0n) is 8.95. The fourth-order valence-corrected chi connectivity index (χ4v) is 2.39. The minimum Gasteiger partial charge on any atom is -0.504 e. The largest absolute Gasteiger partial charge is 0.504 e. The van der Waals surface area contributed by atoms with Gasteiger partial charge in [0.1, 0.15) is 0 Å². The Morgan fingerprint density at radius 1 is 1.07 bits per heavy atom. The number of aryl methyl sites for hydroxylation is 1. The molecule has 0 unspecified atom stereocenters. The molecule has 2 rings (SSSR count). The molecule has 0 spiro atoms. The highest BCUT2D eigenvalue weighted by Crippen LogP contribution is 2.30. The molecule has 0 aromatic heterocycles. The average Bonchev–Trinajstić information content (AvgIpc) is 2.73. The number of benzene rings is 1. The summed E-state index contributed by atoms with van der Waals surface area (Å²) in [5, 5.41) is 18.5. The van der Waals surface area contributed by atoms with Crippen LogP contribution in [0, 0.1) is 5.92 Å². The van der Waals surface area contributed by atoms with E-state index < -0.39 is 0 Å². The van der Waals surface area contributed by atoms with E-state index >= 15 is 0 Å². The summed E-state index contributed by atoms with van der Waals surface area (Å²) in [5.74, 6) is 0.847. The van der Waals surface area contributed by atoms with Gasteiger partial charge in [-0.2, -0.15) is 0 Å². The van der Waals surface area contributed by atoms with Crippen LogP contribution >= 0.6 is 0 Å². The molecule has 1 aliphatic rings. The highest BCUT2D eigenvalue weighted by molar-refractivity contribution is 5.40. The molecule has 0 aliphatic heterocycles. The van der Waals surface area contributed by atoms with E-state index in [9.17, 15) is 10.2 Å². The Hall–Kier alpha value is -1.18. The van der Waals surface area contributed by atoms with Gasteiger partial charge in [-0.25, -0.2) is 0 Å². The molecule has 1 aromatic carbocycles. The van der Waals surface area contributed by atoms with Gasteiger partial charge in [0.2, 0.25) is 0 Å². The molecule has 1 aliphatic carbocycles. The van der Waals surface area contributed by atoms with Crippen LogP contribution in [0.3, 0.4) is 0 Å². The number of phenols is 2. The molecular weight excluding hydrogens is 188 g/mol. The molecule has 0 heterocycles. The summed E-state index contributed by atoms with van der Waals surface area (Å²) in [6.07, 6.45) is 7.72. The Morgan fingerprint density at radius 2 is 1.80 bits per heavy atom. The van der Waals surface area contributed by atoms with E-state index in [1.54, 1.807) is 12.1 Å². The van der Waals surface area contributed by atoms with E-state index in [1.807, 2.05) is 6.07 Å². The lowest BCUT2D eigenvalue weighted by molar-refractivity contribution is 0.402. The molecular formula is C13H18O2. The third-order valence-electron chi connectivity index (χ3n) is 3.36. The maximum Gasteiger partial charge on any atom is 0.157 e. The smallest absolute Gasteiger partial charge is 0.157 e. The minimum absolute atomic E-state index is 0.000998. The van der Waals surface area contributed by atoms with E-state index in [1.165, 1.54) is 32.1 Å². The second kappa shape index (κ2) is 4.56. The number of rotatable bonds is 3. The maximum atomic E-state index is 9.34. The van der Waals surface area contributed by atoms with Crippen molar-refractivity contribution >= 4 is 0 Å². The van der Waals surface area contributed by atoms with Gasteiger partial charge in [0.25, 0.3) is 0 Å². The summed E-state index contributed by atoms with van der Waals surface area (Å²) >= 11 is 0. The fraction of sp³-hybridized carbons (Fsp3) is 0.538. The molecule has 0 atom stereocenters. The normalized spacial score (nSPS) is 17.1. The van der Waals surface area contributed by atoms with Crippen molar-refractivity contribution in [3.05, 3.63) is 23.8 Å². The highest BCUT2D eigenvalue weighted by atomic mass is 16.3. The molecule has 1 fully saturated rings. The van der Waals surface area contributed by atoms with Crippen molar-refractivity contribution in [1.82, 2.24) is 0 Å². The summed E-state index contributed by atoms with van der Waals surface area (Å²) in [5.41, 5.74) is 1.12. The Bertz CT molecular complexity index is 327. The first-order valence-electron chi connectivity index (χ1n) is 5.76. The van der Waals surface area contributed by atoms with Gasteiger partial charge in [-0.1, -0.05) is 31.7 Å². The van der Waals surface area contributed by atoms with Crippen LogP contribution in [0.25, 0.3) is 0 Å². The van der Waals surface area contributed by atoms with Crippen molar-refractivity contribution in [1.29, 1.82) is 0 Å². The molecule has 0 amide bonds. The van der Waals surface area contributed by atoms with E-state index in [0.717, 1.165) is 17.9 Å². The Morgan fingerprint density at radius 3 is 2.47 bits per heavy atom. The van der Waals surface area contributed by atoms with Crippen LogP contribution in [0.1, 0.15) is 37.7 Å². The standard InChI is InChI=1S/C13H18O2/c14-12-8-7-11(9-13(12)15)6-5-10-3-1-2-4-10/h7-10,14-15H,1-6H2. The molecule has 2 nitrogen and oxygen atoms in total. The predicted octanol–water partition coefficient (Wildman–Crippen LogP) is 3.22. The van der Waals surface area contributed by atoms with Gasteiger partial charge in [0.05, 0.1) is 0 Å². The van der Waals surface area contributed by atoms with Crippen LogP contribution in [0.15, 0.2) is 18.2 Å². The summed E-state index contributed by atoms with van der Waals surface area (Å²) < 4.78 is 0. The molecule has 1 aromatic rings. The second-order valence-corrected chi connectivity index (χ2v) is 4.51. The molecule has 15 heavy (non-hydrogen) atoms. The molecule has 82 valence electrons. The van der Waals surface area contributed by atoms with Crippen LogP contribution in [-0.2, 0) is 6.42 Å². The molecule has 2 N–H and O–H groups in total. The highest BCUT2D eigenvalue weighted by Gasteiger charge is 2.14. The van der Waals surface area contributed by atoms with E-state index in [-0.39, 0.29) is 11.5 Å². The summed E-state index contributed by atoms with van der Waals surface area (Å²) in [6, 6.07) is 5.13. The zero-order valence-corrected chi connectivity index (χ0v) is 8.95. The van der Waals surface area contributed by atoms with Crippen LogP contribution in [0.4, 0.5) is 0 Å². The van der Waals surface area contributed by atoms with Gasteiger partial charge in [-0.05, 0) is 36.5 Å². The zero-order chi connectivity index (χ0) is 10.7. The number of phenolic OH excluding ortho intramolecular Hbond substituents is 2. The van der Waals surface area contributed by atoms with Crippen molar-refractivity contribution in [2.75, 3.05) is 0 Å². The van der Waals surface area contributed by atoms with Gasteiger partial charge < -0.3 is 10.2 Å². The van der Waals surface area contributed by atoms with E-state index in [2.05, 4.69) is 0 Å². The summed E-state index contributed by atoms with van der Waals surface area (Å²) in [6.45, 7) is 0. The van der Waals surface area contributed by atoms with Crippen molar-refractivity contribution in [2.24, 2.45) is 5.92 Å². The van der Waals surface area contributed by atoms with E-state index in [0.29, 0.717) is 0 Å². The number of hydrogen-bond acceptors (Lipinski definition) is 2. The third-order valence-corrected chi connectivity index (χ3v) is 3.36. The quantitative estimate of drug-likeness (QED) is 0.745. The fourth-order valence-electron chi connectivity index (χ4n) is 2.39. The first-order chi connectivity index (χ1) is 7.25. The van der Waals surface area contributed by atoms with Crippen LogP contribution < -0.4 is 0 Å². The van der Waals surface area contributed by atoms with Crippen LogP contribution in [-0.4, -0.2) is 10.2 Å². The third kappa shape index (κ3) is 2.65. The van der Waals surface area contributed by atoms with Crippen LogP contribution in [0.2, 0.25) is 0 Å². The van der Waals surface area contributed by atoms with Gasteiger partial charge in [0.15, 0.2) is 11.5 Å².